The van der Waals surface area contributed by atoms with Gasteiger partial charge in [0.2, 0.25) is 0 Å². The Labute approximate surface area is 127 Å². The zero-order chi connectivity index (χ0) is 15.8. The van der Waals surface area contributed by atoms with Gasteiger partial charge >= 0.3 is 0 Å². The SMILES string of the molecule is O=Cc1cc(OCCCCCn2ccnc2)ccc1[N+](=O)[O-]. The molecule has 1 aromatic heterocycles. The highest BCUT2D eigenvalue weighted by Gasteiger charge is 2.13. The highest BCUT2D eigenvalue weighted by atomic mass is 16.6. The van der Waals surface area contributed by atoms with Crippen LogP contribution in [-0.2, 0) is 6.54 Å². The molecule has 0 spiro atoms. The van der Waals surface area contributed by atoms with E-state index in [4.69, 9.17) is 4.74 Å². The van der Waals surface area contributed by atoms with E-state index >= 15 is 0 Å². The molecule has 7 heteroatoms. The van der Waals surface area contributed by atoms with Gasteiger partial charge in [0.15, 0.2) is 6.29 Å². The molecule has 1 heterocycles. The second-order valence-electron chi connectivity index (χ2n) is 4.81. The zero-order valence-electron chi connectivity index (χ0n) is 12.1. The summed E-state index contributed by atoms with van der Waals surface area (Å²) in [7, 11) is 0. The molecule has 0 bridgehead atoms. The average Bonchev–Trinajstić information content (AvgIpc) is 3.03. The predicted octanol–water partition coefficient (Wildman–Crippen LogP) is 2.85. The van der Waals surface area contributed by atoms with Crippen LogP contribution in [0.15, 0.2) is 36.9 Å². The molecular weight excluding hydrogens is 286 g/mol. The third-order valence-electron chi connectivity index (χ3n) is 3.21. The average molecular weight is 303 g/mol. The molecule has 0 atom stereocenters. The van der Waals surface area contributed by atoms with E-state index in [1.54, 1.807) is 12.5 Å². The Morgan fingerprint density at radius 2 is 2.18 bits per heavy atom. The quantitative estimate of drug-likeness (QED) is 0.307. The maximum Gasteiger partial charge on any atom is 0.280 e. The molecule has 1 aromatic carbocycles. The van der Waals surface area contributed by atoms with Crippen LogP contribution >= 0.6 is 0 Å². The standard InChI is InChI=1S/C15H17N3O4/c19-11-13-10-14(4-5-15(13)18(20)21)22-9-3-1-2-7-17-8-6-16-12-17/h4-6,8,10-12H,1-3,7,9H2. The van der Waals surface area contributed by atoms with Crippen molar-refractivity contribution in [2.24, 2.45) is 0 Å². The summed E-state index contributed by atoms with van der Waals surface area (Å²) >= 11 is 0. The van der Waals surface area contributed by atoms with Gasteiger partial charge in [0.05, 0.1) is 23.4 Å². The Hall–Kier alpha value is -2.70. The number of unbranched alkanes of at least 4 members (excludes halogenated alkanes) is 2. The molecule has 0 amide bonds. The van der Waals surface area contributed by atoms with E-state index in [1.807, 2.05) is 10.8 Å². The van der Waals surface area contributed by atoms with Crippen LogP contribution in [-0.4, -0.2) is 27.4 Å². The lowest BCUT2D eigenvalue weighted by atomic mass is 10.2. The third kappa shape index (κ3) is 4.41. The lowest BCUT2D eigenvalue weighted by Gasteiger charge is -2.07. The van der Waals surface area contributed by atoms with Crippen LogP contribution < -0.4 is 4.74 Å². The van der Waals surface area contributed by atoms with Gasteiger partial charge in [-0.1, -0.05) is 0 Å². The van der Waals surface area contributed by atoms with Crippen molar-refractivity contribution >= 4 is 12.0 Å². The highest BCUT2D eigenvalue weighted by Crippen LogP contribution is 2.22. The summed E-state index contributed by atoms with van der Waals surface area (Å²) in [6, 6.07) is 4.20. The van der Waals surface area contributed by atoms with Crippen molar-refractivity contribution in [1.29, 1.82) is 0 Å². The van der Waals surface area contributed by atoms with Crippen LogP contribution in [0.25, 0.3) is 0 Å². The van der Waals surface area contributed by atoms with Crippen LogP contribution in [0.2, 0.25) is 0 Å². The number of aromatic nitrogens is 2. The molecule has 2 aromatic rings. The number of ether oxygens (including phenoxy) is 1. The van der Waals surface area contributed by atoms with Gasteiger partial charge in [0.1, 0.15) is 5.75 Å². The van der Waals surface area contributed by atoms with E-state index in [0.29, 0.717) is 18.6 Å². The summed E-state index contributed by atoms with van der Waals surface area (Å²) in [6.07, 6.45) is 8.84. The minimum Gasteiger partial charge on any atom is -0.494 e. The molecule has 0 fully saturated rings. The van der Waals surface area contributed by atoms with Gasteiger partial charge in [0.25, 0.3) is 5.69 Å². The first-order chi connectivity index (χ1) is 10.7. The molecule has 0 N–H and O–H groups in total. The smallest absolute Gasteiger partial charge is 0.280 e. The Balaban J connectivity index is 1.72. The van der Waals surface area contributed by atoms with Gasteiger partial charge in [-0.15, -0.1) is 0 Å². The maximum absolute atomic E-state index is 10.8. The molecule has 2 rings (SSSR count). The third-order valence-corrected chi connectivity index (χ3v) is 3.21. The van der Waals surface area contributed by atoms with Gasteiger partial charge in [-0.25, -0.2) is 4.98 Å². The topological polar surface area (TPSA) is 87.3 Å². The minimum atomic E-state index is -0.580. The summed E-state index contributed by atoms with van der Waals surface area (Å²) in [5.74, 6) is 0.474. The van der Waals surface area contributed by atoms with Crippen molar-refractivity contribution < 1.29 is 14.5 Å². The number of hydrogen-bond acceptors (Lipinski definition) is 5. The number of imidazole rings is 1. The number of aldehydes is 1. The minimum absolute atomic E-state index is 0.0302. The number of nitrogens with zero attached hydrogens (tertiary/aromatic N) is 3. The van der Waals surface area contributed by atoms with Gasteiger partial charge < -0.3 is 9.30 Å². The van der Waals surface area contributed by atoms with E-state index in [2.05, 4.69) is 4.98 Å². The summed E-state index contributed by atoms with van der Waals surface area (Å²) in [5, 5.41) is 10.7. The van der Waals surface area contributed by atoms with Crippen LogP contribution in [0.1, 0.15) is 29.6 Å². The van der Waals surface area contributed by atoms with Crippen molar-refractivity contribution in [2.75, 3.05) is 6.61 Å². The van der Waals surface area contributed by atoms with Crippen molar-refractivity contribution in [3.63, 3.8) is 0 Å². The molecule has 7 nitrogen and oxygen atoms in total. The van der Waals surface area contributed by atoms with Crippen molar-refractivity contribution in [3.05, 3.63) is 52.6 Å². The second-order valence-corrected chi connectivity index (χ2v) is 4.81. The van der Waals surface area contributed by atoms with Crippen LogP contribution in [0.3, 0.4) is 0 Å². The van der Waals surface area contributed by atoms with Gasteiger partial charge in [-0.3, -0.25) is 14.9 Å². The number of aryl methyl sites for hydroxylation is 1. The number of benzene rings is 1. The Morgan fingerprint density at radius 3 is 2.86 bits per heavy atom. The van der Waals surface area contributed by atoms with Crippen LogP contribution in [0.5, 0.6) is 5.75 Å². The molecule has 116 valence electrons. The molecule has 0 aliphatic rings. The second kappa shape index (κ2) is 7.92. The van der Waals surface area contributed by atoms with Crippen molar-refractivity contribution in [3.8, 4) is 5.75 Å². The molecule has 22 heavy (non-hydrogen) atoms. The van der Waals surface area contributed by atoms with E-state index in [9.17, 15) is 14.9 Å². The summed E-state index contributed by atoms with van der Waals surface area (Å²) in [5.41, 5.74) is -0.176. The Kier molecular flexibility index (Phi) is 5.65. The number of rotatable bonds is 9. The van der Waals surface area contributed by atoms with Crippen LogP contribution in [0.4, 0.5) is 5.69 Å². The fourth-order valence-electron chi connectivity index (χ4n) is 2.07. The monoisotopic (exact) mass is 303 g/mol. The maximum atomic E-state index is 10.8. The van der Waals surface area contributed by atoms with E-state index in [-0.39, 0.29) is 11.3 Å². The lowest BCUT2D eigenvalue weighted by molar-refractivity contribution is -0.385. The molecule has 0 saturated carbocycles. The Bertz CT molecular complexity index is 626. The Morgan fingerprint density at radius 1 is 1.32 bits per heavy atom. The lowest BCUT2D eigenvalue weighted by Crippen LogP contribution is -2.01. The molecular formula is C15H17N3O4. The normalized spacial score (nSPS) is 10.4. The molecule has 0 radical (unpaired) electrons. The fraction of sp³-hybridized carbons (Fsp3) is 0.333. The predicted molar refractivity (Wildman–Crippen MR) is 80.1 cm³/mol. The van der Waals surface area contributed by atoms with Gasteiger partial charge in [-0.2, -0.15) is 0 Å². The molecule has 0 aliphatic carbocycles. The van der Waals surface area contributed by atoms with Crippen molar-refractivity contribution in [1.82, 2.24) is 9.55 Å². The summed E-state index contributed by atoms with van der Waals surface area (Å²) in [4.78, 5) is 25.0. The highest BCUT2D eigenvalue weighted by molar-refractivity contribution is 5.82. The zero-order valence-corrected chi connectivity index (χ0v) is 12.1. The molecule has 0 aliphatic heterocycles. The van der Waals surface area contributed by atoms with Crippen LogP contribution in [0, 0.1) is 10.1 Å². The largest absolute Gasteiger partial charge is 0.494 e. The summed E-state index contributed by atoms with van der Waals surface area (Å²) < 4.78 is 7.54. The first kappa shape index (κ1) is 15.7. The number of carbonyl (C=O) groups excluding carboxylic acids is 1. The molecule has 0 saturated heterocycles. The van der Waals surface area contributed by atoms with E-state index in [1.165, 1.54) is 18.2 Å². The first-order valence-electron chi connectivity index (χ1n) is 7.03. The molecule has 0 unspecified atom stereocenters. The first-order valence-corrected chi connectivity index (χ1v) is 7.03. The summed E-state index contributed by atoms with van der Waals surface area (Å²) in [6.45, 7) is 1.44. The number of nitro benzene ring substituents is 1. The van der Waals surface area contributed by atoms with Crippen molar-refractivity contribution in [2.45, 2.75) is 25.8 Å². The number of carbonyl (C=O) groups is 1. The van der Waals surface area contributed by atoms with E-state index < -0.39 is 4.92 Å². The van der Waals surface area contributed by atoms with E-state index in [0.717, 1.165) is 25.8 Å². The van der Waals surface area contributed by atoms with Gasteiger partial charge in [-0.05, 0) is 31.4 Å². The number of nitro groups is 1. The fourth-order valence-corrected chi connectivity index (χ4v) is 2.07. The number of hydrogen-bond donors (Lipinski definition) is 0. The van der Waals surface area contributed by atoms with Gasteiger partial charge in [0, 0.05) is 25.0 Å².